The van der Waals surface area contributed by atoms with Gasteiger partial charge in [-0.15, -0.1) is 5.10 Å². The van der Waals surface area contributed by atoms with Gasteiger partial charge in [0.05, 0.1) is 5.69 Å². The van der Waals surface area contributed by atoms with E-state index in [0.29, 0.717) is 23.7 Å². The molecule has 2 aromatic carbocycles. The summed E-state index contributed by atoms with van der Waals surface area (Å²) in [5.74, 6) is 0.362. The number of likely N-dealkylation sites (N-methyl/N-ethyl adjacent to an activating group) is 1. The van der Waals surface area contributed by atoms with Gasteiger partial charge in [-0.25, -0.2) is 4.98 Å². The van der Waals surface area contributed by atoms with Crippen LogP contribution in [0.2, 0.25) is 0 Å². The molecule has 0 radical (unpaired) electrons. The Balaban J connectivity index is 1.07. The fraction of sp³-hybridized carbons (Fsp3) is 0.300. The molecule has 0 saturated carbocycles. The summed E-state index contributed by atoms with van der Waals surface area (Å²) in [4.78, 5) is 41.0. The summed E-state index contributed by atoms with van der Waals surface area (Å²) in [5, 5.41) is 9.61. The summed E-state index contributed by atoms with van der Waals surface area (Å²) in [5.41, 5.74) is 4.02. The largest absolute Gasteiger partial charge is 0.489 e. The molecule has 0 spiro atoms. The van der Waals surface area contributed by atoms with Gasteiger partial charge >= 0.3 is 0 Å². The lowest BCUT2D eigenvalue weighted by atomic mass is 10.1. The zero-order valence-electron chi connectivity index (χ0n) is 22.9. The van der Waals surface area contributed by atoms with Crippen molar-refractivity contribution in [1.82, 2.24) is 30.4 Å². The highest BCUT2D eigenvalue weighted by molar-refractivity contribution is 6.02. The number of ether oxygens (including phenoxy) is 1. The van der Waals surface area contributed by atoms with E-state index in [2.05, 4.69) is 35.3 Å². The Morgan fingerprint density at radius 2 is 1.80 bits per heavy atom. The number of aromatic nitrogens is 4. The van der Waals surface area contributed by atoms with E-state index in [1.165, 1.54) is 5.69 Å². The number of amides is 2. The van der Waals surface area contributed by atoms with E-state index < -0.39 is 11.9 Å². The fourth-order valence-electron chi connectivity index (χ4n) is 5.21. The van der Waals surface area contributed by atoms with Crippen molar-refractivity contribution in [3.8, 4) is 5.75 Å². The Hall–Kier alpha value is -4.77. The number of carbonyl (C=O) groups excluding carboxylic acids is 2. The smallest absolute Gasteiger partial charge is 0.291 e. The van der Waals surface area contributed by atoms with E-state index in [9.17, 15) is 9.59 Å². The lowest BCUT2D eigenvalue weighted by Gasteiger charge is -2.36. The van der Waals surface area contributed by atoms with Gasteiger partial charge in [0.2, 0.25) is 5.82 Å². The molecule has 1 unspecified atom stereocenters. The molecule has 0 bridgehead atoms. The van der Waals surface area contributed by atoms with Crippen molar-refractivity contribution in [1.29, 1.82) is 0 Å². The van der Waals surface area contributed by atoms with E-state index in [1.54, 1.807) is 11.9 Å². The van der Waals surface area contributed by atoms with Crippen LogP contribution in [0.25, 0.3) is 0 Å². The third-order valence-electron chi connectivity index (χ3n) is 7.48. The van der Waals surface area contributed by atoms with Crippen LogP contribution in [0.15, 0.2) is 73.1 Å². The van der Waals surface area contributed by atoms with E-state index in [-0.39, 0.29) is 18.3 Å². The molecule has 4 aromatic rings. The summed E-state index contributed by atoms with van der Waals surface area (Å²) in [6.45, 7) is 4.54. The molecule has 1 fully saturated rings. The lowest BCUT2D eigenvalue weighted by molar-refractivity contribution is -0.120. The highest BCUT2D eigenvalue weighted by atomic mass is 16.5. The number of aromatic amines is 1. The second-order valence-electron chi connectivity index (χ2n) is 10.3. The summed E-state index contributed by atoms with van der Waals surface area (Å²) < 4.78 is 5.98. The number of benzene rings is 2. The van der Waals surface area contributed by atoms with Crippen molar-refractivity contribution in [2.75, 3.05) is 49.6 Å². The molecular formula is C30H32N8O3. The first-order chi connectivity index (χ1) is 20.0. The summed E-state index contributed by atoms with van der Waals surface area (Å²) >= 11 is 0. The number of piperazine rings is 1. The molecule has 1 saturated heterocycles. The maximum Gasteiger partial charge on any atom is 0.291 e. The van der Waals surface area contributed by atoms with Crippen LogP contribution in [-0.2, 0) is 17.8 Å². The second kappa shape index (κ2) is 11.8. The summed E-state index contributed by atoms with van der Waals surface area (Å²) in [7, 11) is 1.71. The molecule has 0 aliphatic carbocycles. The number of nitrogens with one attached hydrogen (secondary N) is 2. The Morgan fingerprint density at radius 1 is 1.02 bits per heavy atom. The molecule has 2 N–H and O–H groups in total. The van der Waals surface area contributed by atoms with Crippen molar-refractivity contribution >= 4 is 23.2 Å². The SMILES string of the molecule is CN1C(=O)C(NC(=O)c2n[nH]c(Cc3ccccc3)n2)COc2ccc(CN3CCN(c4ccncc4)CC3)cc21. The van der Waals surface area contributed by atoms with Crippen molar-refractivity contribution in [3.63, 3.8) is 0 Å². The number of hydrogen-bond acceptors (Lipinski definition) is 8. The van der Waals surface area contributed by atoms with Crippen LogP contribution in [0.5, 0.6) is 5.75 Å². The molecule has 4 heterocycles. The van der Waals surface area contributed by atoms with Crippen LogP contribution in [0, 0.1) is 0 Å². The predicted molar refractivity (Wildman–Crippen MR) is 154 cm³/mol. The minimum atomic E-state index is -0.874. The highest BCUT2D eigenvalue weighted by Crippen LogP contribution is 2.32. The third-order valence-corrected chi connectivity index (χ3v) is 7.48. The third kappa shape index (κ3) is 6.04. The number of rotatable bonds is 7. The molecule has 2 aromatic heterocycles. The number of carbonyl (C=O) groups is 2. The van der Waals surface area contributed by atoms with Gasteiger partial charge in [0.15, 0.2) is 0 Å². The van der Waals surface area contributed by atoms with E-state index in [4.69, 9.17) is 4.74 Å². The fourth-order valence-corrected chi connectivity index (χ4v) is 5.21. The van der Waals surface area contributed by atoms with Crippen LogP contribution < -0.4 is 19.9 Å². The van der Waals surface area contributed by atoms with Gasteiger partial charge in [-0.2, -0.15) is 0 Å². The van der Waals surface area contributed by atoms with Crippen LogP contribution >= 0.6 is 0 Å². The Morgan fingerprint density at radius 3 is 2.59 bits per heavy atom. The number of nitrogens with zero attached hydrogens (tertiary/aromatic N) is 6. The number of fused-ring (bicyclic) bond motifs is 1. The van der Waals surface area contributed by atoms with Gasteiger partial charge < -0.3 is 19.9 Å². The van der Waals surface area contributed by atoms with Gasteiger partial charge in [0.1, 0.15) is 24.2 Å². The van der Waals surface area contributed by atoms with Crippen molar-refractivity contribution in [2.45, 2.75) is 19.0 Å². The molecule has 6 rings (SSSR count). The van der Waals surface area contributed by atoms with Crippen LogP contribution in [0.3, 0.4) is 0 Å². The normalized spacial score (nSPS) is 17.5. The maximum atomic E-state index is 13.4. The maximum absolute atomic E-state index is 13.4. The van der Waals surface area contributed by atoms with Gasteiger partial charge in [-0.1, -0.05) is 36.4 Å². The highest BCUT2D eigenvalue weighted by Gasteiger charge is 2.32. The van der Waals surface area contributed by atoms with Crippen LogP contribution in [-0.4, -0.2) is 82.8 Å². The van der Waals surface area contributed by atoms with E-state index in [1.807, 2.05) is 73.1 Å². The predicted octanol–water partition coefficient (Wildman–Crippen LogP) is 2.27. The number of anilines is 2. The first-order valence-corrected chi connectivity index (χ1v) is 13.7. The zero-order valence-corrected chi connectivity index (χ0v) is 22.9. The monoisotopic (exact) mass is 552 g/mol. The average molecular weight is 553 g/mol. The number of pyridine rings is 1. The molecule has 1 atom stereocenters. The Kier molecular flexibility index (Phi) is 7.59. The standard InChI is InChI=1S/C30H32N8O3/c1-36-25-17-22(19-37-13-15-38(16-14-37)23-9-11-31-12-10-23)7-8-26(25)41-20-24(30(36)40)32-29(39)28-33-27(34-35-28)18-21-5-3-2-4-6-21/h2-12,17,24H,13-16,18-20H2,1H3,(H,32,39)(H,33,34,35). The molecular weight excluding hydrogens is 520 g/mol. The Bertz CT molecular complexity index is 1500. The van der Waals surface area contributed by atoms with Gasteiger partial charge in [0, 0.05) is 64.3 Å². The lowest BCUT2D eigenvalue weighted by Crippen LogP contribution is -2.49. The van der Waals surface area contributed by atoms with Crippen molar-refractivity contribution in [3.05, 3.63) is 95.8 Å². The van der Waals surface area contributed by atoms with E-state index >= 15 is 0 Å². The van der Waals surface area contributed by atoms with Crippen molar-refractivity contribution < 1.29 is 14.3 Å². The first-order valence-electron chi connectivity index (χ1n) is 13.7. The Labute approximate surface area is 238 Å². The molecule has 11 heteroatoms. The van der Waals surface area contributed by atoms with E-state index in [0.717, 1.165) is 43.9 Å². The number of H-pyrrole nitrogens is 1. The first kappa shape index (κ1) is 26.5. The molecule has 2 aliphatic rings. The summed E-state index contributed by atoms with van der Waals surface area (Å²) in [6, 6.07) is 18.9. The van der Waals surface area contributed by atoms with Crippen LogP contribution in [0.4, 0.5) is 11.4 Å². The topological polar surface area (TPSA) is 120 Å². The van der Waals surface area contributed by atoms with Gasteiger partial charge in [0.25, 0.3) is 11.8 Å². The molecule has 2 amide bonds. The summed E-state index contributed by atoms with van der Waals surface area (Å²) in [6.07, 6.45) is 4.17. The zero-order chi connectivity index (χ0) is 28.2. The second-order valence-corrected chi connectivity index (χ2v) is 10.3. The molecule has 210 valence electrons. The quantitative estimate of drug-likeness (QED) is 0.358. The van der Waals surface area contributed by atoms with Crippen molar-refractivity contribution in [2.24, 2.45) is 0 Å². The van der Waals surface area contributed by atoms with Gasteiger partial charge in [-0.05, 0) is 35.4 Å². The average Bonchev–Trinajstić information content (AvgIpc) is 3.45. The van der Waals surface area contributed by atoms with Gasteiger partial charge in [-0.3, -0.25) is 24.6 Å². The minimum absolute atomic E-state index is 0.0134. The minimum Gasteiger partial charge on any atom is -0.489 e. The van der Waals surface area contributed by atoms with Crippen LogP contribution in [0.1, 0.15) is 27.6 Å². The molecule has 2 aliphatic heterocycles. The molecule has 41 heavy (non-hydrogen) atoms. The molecule has 11 nitrogen and oxygen atoms in total. The number of hydrogen-bond donors (Lipinski definition) is 2.